The number of nitro groups is 1. The first kappa shape index (κ1) is 12.1. The van der Waals surface area contributed by atoms with Gasteiger partial charge in [-0.15, -0.1) is 0 Å². The summed E-state index contributed by atoms with van der Waals surface area (Å²) >= 11 is 0. The summed E-state index contributed by atoms with van der Waals surface area (Å²) in [6, 6.07) is 0. The van der Waals surface area contributed by atoms with E-state index in [1.165, 1.54) is 0 Å². The Hall–Kier alpha value is -1.41. The van der Waals surface area contributed by atoms with E-state index in [2.05, 4.69) is 15.7 Å². The summed E-state index contributed by atoms with van der Waals surface area (Å²) in [5.41, 5.74) is 0. The number of fused-ring (bicyclic) bond motifs is 1. The molecule has 2 saturated heterocycles. The average molecular weight is 244 g/mol. The van der Waals surface area contributed by atoms with E-state index in [1.54, 1.807) is 7.05 Å². The molecular formula is C9H16N4O4. The van der Waals surface area contributed by atoms with E-state index in [1.807, 2.05) is 0 Å². The van der Waals surface area contributed by atoms with Crippen LogP contribution in [-0.2, 0) is 9.47 Å². The summed E-state index contributed by atoms with van der Waals surface area (Å²) in [4.78, 5) is 10.2. The van der Waals surface area contributed by atoms with Gasteiger partial charge < -0.3 is 20.1 Å². The summed E-state index contributed by atoms with van der Waals surface area (Å²) < 4.78 is 10.9. The number of nitrogens with one attached hydrogen (secondary N) is 2. The van der Waals surface area contributed by atoms with Crippen molar-refractivity contribution >= 4 is 5.96 Å². The highest BCUT2D eigenvalue weighted by atomic mass is 16.7. The maximum absolute atomic E-state index is 10.2. The molecule has 0 spiro atoms. The zero-order valence-electron chi connectivity index (χ0n) is 9.59. The first-order valence-electron chi connectivity index (χ1n) is 5.58. The van der Waals surface area contributed by atoms with Gasteiger partial charge in [0.05, 0.1) is 13.2 Å². The summed E-state index contributed by atoms with van der Waals surface area (Å²) in [6.07, 6.45) is 0.894. The molecule has 2 N–H and O–H groups in total. The van der Waals surface area contributed by atoms with Gasteiger partial charge in [-0.25, -0.2) is 10.1 Å². The predicted molar refractivity (Wildman–Crippen MR) is 58.8 cm³/mol. The van der Waals surface area contributed by atoms with Crippen molar-refractivity contribution in [3.63, 3.8) is 0 Å². The van der Waals surface area contributed by atoms with Crippen molar-refractivity contribution in [2.24, 2.45) is 16.9 Å². The molecule has 0 unspecified atom stereocenters. The molecule has 17 heavy (non-hydrogen) atoms. The lowest BCUT2D eigenvalue weighted by atomic mass is 9.93. The molecule has 0 radical (unpaired) electrons. The average Bonchev–Trinajstić information content (AvgIpc) is 2.86. The fourth-order valence-electron chi connectivity index (χ4n) is 2.25. The van der Waals surface area contributed by atoms with E-state index in [0.717, 1.165) is 13.0 Å². The fourth-order valence-corrected chi connectivity index (χ4v) is 2.25. The maximum atomic E-state index is 10.2. The predicted octanol–water partition coefficient (Wildman–Crippen LogP) is -0.648. The molecule has 0 aromatic rings. The SMILES string of the molecule is CN/C(=N\[N+](=O)[O-])NC[C@@H]1CO[C@H]2OCC[C@@H]12. The molecule has 0 amide bonds. The second-order valence-corrected chi connectivity index (χ2v) is 4.10. The third-order valence-corrected chi connectivity index (χ3v) is 3.11. The largest absolute Gasteiger partial charge is 0.354 e. The third kappa shape index (κ3) is 2.83. The van der Waals surface area contributed by atoms with Gasteiger partial charge in [-0.1, -0.05) is 0 Å². The van der Waals surface area contributed by atoms with E-state index >= 15 is 0 Å². The van der Waals surface area contributed by atoms with Gasteiger partial charge in [-0.05, 0) is 6.42 Å². The number of rotatable bonds is 3. The molecule has 3 atom stereocenters. The number of ether oxygens (including phenoxy) is 2. The van der Waals surface area contributed by atoms with Gasteiger partial charge in [-0.2, -0.15) is 0 Å². The quantitative estimate of drug-likeness (QED) is 0.296. The van der Waals surface area contributed by atoms with Crippen LogP contribution in [0, 0.1) is 22.0 Å². The minimum Gasteiger partial charge on any atom is -0.354 e. The van der Waals surface area contributed by atoms with Gasteiger partial charge in [-0.3, -0.25) is 0 Å². The van der Waals surface area contributed by atoms with Gasteiger partial charge in [0, 0.05) is 25.4 Å². The first-order chi connectivity index (χ1) is 8.20. The third-order valence-electron chi connectivity index (χ3n) is 3.11. The zero-order valence-corrected chi connectivity index (χ0v) is 9.59. The van der Waals surface area contributed by atoms with Crippen molar-refractivity contribution in [1.29, 1.82) is 0 Å². The van der Waals surface area contributed by atoms with E-state index in [9.17, 15) is 10.1 Å². The summed E-state index contributed by atoms with van der Waals surface area (Å²) in [6.45, 7) is 1.95. The van der Waals surface area contributed by atoms with Crippen molar-refractivity contribution in [3.05, 3.63) is 10.1 Å². The van der Waals surface area contributed by atoms with Gasteiger partial charge in [0.25, 0.3) is 5.96 Å². The highest BCUT2D eigenvalue weighted by molar-refractivity contribution is 5.78. The molecule has 0 aliphatic carbocycles. The molecule has 2 fully saturated rings. The Morgan fingerprint density at radius 1 is 1.59 bits per heavy atom. The smallest absolute Gasteiger partial charge is 0.268 e. The molecule has 0 aromatic heterocycles. The Labute approximate surface area is 98.5 Å². The van der Waals surface area contributed by atoms with Crippen LogP contribution in [0.4, 0.5) is 0 Å². The standard InChI is InChI=1S/C9H16N4O4/c1-10-9(12-13(14)15)11-4-6-5-17-8-7(6)2-3-16-8/h6-8H,2-5H2,1H3,(H2,10,11,12)/t6-,7+,8-/m1/s1. The van der Waals surface area contributed by atoms with Crippen LogP contribution in [0.2, 0.25) is 0 Å². The van der Waals surface area contributed by atoms with Crippen LogP contribution in [0.25, 0.3) is 0 Å². The first-order valence-corrected chi connectivity index (χ1v) is 5.58. The van der Waals surface area contributed by atoms with Crippen molar-refractivity contribution in [3.8, 4) is 0 Å². The monoisotopic (exact) mass is 244 g/mol. The van der Waals surface area contributed by atoms with Crippen LogP contribution in [0.1, 0.15) is 6.42 Å². The minimum atomic E-state index is -0.731. The molecule has 0 saturated carbocycles. The lowest BCUT2D eigenvalue weighted by Gasteiger charge is -2.15. The van der Waals surface area contributed by atoms with Gasteiger partial charge >= 0.3 is 0 Å². The van der Waals surface area contributed by atoms with Crippen molar-refractivity contribution < 1.29 is 14.5 Å². The van der Waals surface area contributed by atoms with Crippen molar-refractivity contribution in [1.82, 2.24) is 10.6 Å². The molecule has 0 aromatic carbocycles. The van der Waals surface area contributed by atoms with Crippen LogP contribution in [0.3, 0.4) is 0 Å². The summed E-state index contributed by atoms with van der Waals surface area (Å²) in [5.74, 6) is 0.862. The molecule has 96 valence electrons. The lowest BCUT2D eigenvalue weighted by molar-refractivity contribution is -0.485. The second kappa shape index (κ2) is 5.28. The topological polar surface area (TPSA) is 98.0 Å². The van der Waals surface area contributed by atoms with Gasteiger partial charge in [0.15, 0.2) is 11.3 Å². The zero-order chi connectivity index (χ0) is 12.3. The molecule has 2 aliphatic rings. The minimum absolute atomic E-state index is 0.0905. The lowest BCUT2D eigenvalue weighted by Crippen LogP contribution is -2.40. The Morgan fingerprint density at radius 2 is 2.41 bits per heavy atom. The number of hydrazone groups is 1. The molecule has 2 aliphatic heterocycles. The van der Waals surface area contributed by atoms with Crippen LogP contribution in [0.15, 0.2) is 5.10 Å². The normalized spacial score (nSPS) is 32.3. The van der Waals surface area contributed by atoms with E-state index in [-0.39, 0.29) is 12.2 Å². The van der Waals surface area contributed by atoms with Crippen LogP contribution in [0.5, 0.6) is 0 Å². The van der Waals surface area contributed by atoms with Crippen LogP contribution in [-0.4, -0.2) is 44.1 Å². The molecule has 8 heteroatoms. The maximum Gasteiger partial charge on any atom is 0.268 e. The van der Waals surface area contributed by atoms with E-state index in [0.29, 0.717) is 25.0 Å². The Balaban J connectivity index is 1.83. The van der Waals surface area contributed by atoms with E-state index in [4.69, 9.17) is 9.47 Å². The Morgan fingerprint density at radius 3 is 3.12 bits per heavy atom. The highest BCUT2D eigenvalue weighted by Gasteiger charge is 2.41. The van der Waals surface area contributed by atoms with Crippen molar-refractivity contribution in [2.75, 3.05) is 26.8 Å². The summed E-state index contributed by atoms with van der Waals surface area (Å²) in [5, 5.41) is 18.3. The Kier molecular flexibility index (Phi) is 3.75. The molecular weight excluding hydrogens is 228 g/mol. The van der Waals surface area contributed by atoms with Gasteiger partial charge in [0.2, 0.25) is 0 Å². The summed E-state index contributed by atoms with van der Waals surface area (Å²) in [7, 11) is 1.59. The Bertz CT molecular complexity index is 322. The van der Waals surface area contributed by atoms with Crippen LogP contribution >= 0.6 is 0 Å². The number of guanidine groups is 1. The number of nitrogens with zero attached hydrogens (tertiary/aromatic N) is 2. The highest BCUT2D eigenvalue weighted by Crippen LogP contribution is 2.34. The molecule has 0 bridgehead atoms. The van der Waals surface area contributed by atoms with Gasteiger partial charge in [0.1, 0.15) is 5.10 Å². The molecule has 2 heterocycles. The molecule has 2 rings (SSSR count). The molecule has 8 nitrogen and oxygen atoms in total. The fraction of sp³-hybridized carbons (Fsp3) is 0.889. The second-order valence-electron chi connectivity index (χ2n) is 4.10. The number of hydrogen-bond acceptors (Lipinski definition) is 4. The number of hydrogen-bond donors (Lipinski definition) is 2. The van der Waals surface area contributed by atoms with E-state index < -0.39 is 5.03 Å². The van der Waals surface area contributed by atoms with Crippen LogP contribution < -0.4 is 10.6 Å². The van der Waals surface area contributed by atoms with Crippen molar-refractivity contribution in [2.45, 2.75) is 12.7 Å².